The first kappa shape index (κ1) is 16.0. The average Bonchev–Trinajstić information content (AvgIpc) is 3.10. The Balaban J connectivity index is 1.71. The van der Waals surface area contributed by atoms with Gasteiger partial charge in [0.05, 0.1) is 11.0 Å². The number of nitrogens with zero attached hydrogens (tertiary/aromatic N) is 2. The summed E-state index contributed by atoms with van der Waals surface area (Å²) in [5.74, 6) is 1.48. The van der Waals surface area contributed by atoms with Gasteiger partial charge in [-0.3, -0.25) is 10.1 Å². The molecule has 7 heteroatoms. The van der Waals surface area contributed by atoms with E-state index in [4.69, 9.17) is 21.1 Å². The second kappa shape index (κ2) is 6.44. The maximum absolute atomic E-state index is 11.4. The molecule has 130 valence electrons. The number of nitro benzene ring substituents is 1. The third kappa shape index (κ3) is 2.98. The van der Waals surface area contributed by atoms with Crippen molar-refractivity contribution in [3.63, 3.8) is 0 Å². The summed E-state index contributed by atoms with van der Waals surface area (Å²) in [6.07, 6.45) is 1.90. The van der Waals surface area contributed by atoms with Gasteiger partial charge in [0, 0.05) is 17.6 Å². The van der Waals surface area contributed by atoms with E-state index < -0.39 is 0 Å². The predicted molar refractivity (Wildman–Crippen MR) is 94.9 cm³/mol. The minimum absolute atomic E-state index is 0.0388. The molecular weight excluding hydrogens is 344 g/mol. The monoisotopic (exact) mass is 360 g/mol. The van der Waals surface area contributed by atoms with Gasteiger partial charge in [0.2, 0.25) is 0 Å². The van der Waals surface area contributed by atoms with Crippen LogP contribution in [0.1, 0.15) is 24.4 Å². The lowest BCUT2D eigenvalue weighted by molar-refractivity contribution is -0.384. The Bertz CT molecular complexity index is 827. The molecule has 2 aromatic carbocycles. The first-order valence-corrected chi connectivity index (χ1v) is 8.61. The molecule has 0 amide bonds. The normalized spacial score (nSPS) is 19.1. The van der Waals surface area contributed by atoms with E-state index in [1.807, 2.05) is 18.2 Å². The van der Waals surface area contributed by atoms with Crippen molar-refractivity contribution >= 4 is 23.0 Å². The zero-order valence-electron chi connectivity index (χ0n) is 13.5. The zero-order chi connectivity index (χ0) is 17.4. The molecule has 1 unspecified atom stereocenters. The van der Waals surface area contributed by atoms with Gasteiger partial charge in [0.1, 0.15) is 18.9 Å². The van der Waals surface area contributed by atoms with Gasteiger partial charge < -0.3 is 14.4 Å². The SMILES string of the molecule is O=[N+]([O-])c1cc(Cl)ccc1N1CCCC1c1ccc2c(c1)OCCO2. The fourth-order valence-electron chi connectivity index (χ4n) is 3.55. The van der Waals surface area contributed by atoms with E-state index in [9.17, 15) is 10.1 Å². The fraction of sp³-hybridized carbons (Fsp3) is 0.333. The number of halogens is 1. The standard InChI is InChI=1S/C18H17ClN2O4/c19-13-4-5-15(16(11-13)21(22)23)20-7-1-2-14(20)12-3-6-17-18(10-12)25-9-8-24-17/h3-6,10-11,14H,1-2,7-9H2. The smallest absolute Gasteiger partial charge is 0.294 e. The van der Waals surface area contributed by atoms with Crippen LogP contribution in [0.2, 0.25) is 5.02 Å². The summed E-state index contributed by atoms with van der Waals surface area (Å²) in [5, 5.41) is 11.8. The molecule has 25 heavy (non-hydrogen) atoms. The molecule has 4 rings (SSSR count). The highest BCUT2D eigenvalue weighted by atomic mass is 35.5. The first-order chi connectivity index (χ1) is 12.1. The van der Waals surface area contributed by atoms with E-state index in [-0.39, 0.29) is 16.7 Å². The lowest BCUT2D eigenvalue weighted by Crippen LogP contribution is -2.24. The largest absolute Gasteiger partial charge is 0.486 e. The minimum atomic E-state index is -0.375. The van der Waals surface area contributed by atoms with E-state index in [1.54, 1.807) is 12.1 Å². The van der Waals surface area contributed by atoms with Crippen LogP contribution in [0.15, 0.2) is 36.4 Å². The van der Waals surface area contributed by atoms with Crippen LogP contribution < -0.4 is 14.4 Å². The van der Waals surface area contributed by atoms with E-state index in [0.717, 1.165) is 36.4 Å². The van der Waals surface area contributed by atoms with Crippen molar-refractivity contribution in [3.8, 4) is 11.5 Å². The van der Waals surface area contributed by atoms with Crippen LogP contribution in [0.5, 0.6) is 11.5 Å². The summed E-state index contributed by atoms with van der Waals surface area (Å²) in [6, 6.07) is 10.8. The van der Waals surface area contributed by atoms with Gasteiger partial charge in [0.15, 0.2) is 11.5 Å². The molecule has 0 N–H and O–H groups in total. The molecule has 0 aromatic heterocycles. The third-order valence-electron chi connectivity index (χ3n) is 4.65. The van der Waals surface area contributed by atoms with Crippen LogP contribution in [-0.2, 0) is 0 Å². The van der Waals surface area contributed by atoms with Crippen LogP contribution in [0.4, 0.5) is 11.4 Å². The maximum Gasteiger partial charge on any atom is 0.294 e. The highest BCUT2D eigenvalue weighted by Crippen LogP contribution is 2.43. The molecule has 0 radical (unpaired) electrons. The summed E-state index contributed by atoms with van der Waals surface area (Å²) >= 11 is 5.95. The van der Waals surface area contributed by atoms with Crippen molar-refractivity contribution in [3.05, 3.63) is 57.1 Å². The van der Waals surface area contributed by atoms with Crippen LogP contribution in [0, 0.1) is 10.1 Å². The number of fused-ring (bicyclic) bond motifs is 1. The Morgan fingerprint density at radius 3 is 2.72 bits per heavy atom. The van der Waals surface area contributed by atoms with Gasteiger partial charge in [-0.2, -0.15) is 0 Å². The second-order valence-corrected chi connectivity index (χ2v) is 6.58. The van der Waals surface area contributed by atoms with Crippen LogP contribution in [-0.4, -0.2) is 24.7 Å². The summed E-state index contributed by atoms with van der Waals surface area (Å²) in [4.78, 5) is 13.2. The molecule has 1 saturated heterocycles. The Kier molecular flexibility index (Phi) is 4.13. The minimum Gasteiger partial charge on any atom is -0.486 e. The van der Waals surface area contributed by atoms with Crippen molar-refractivity contribution < 1.29 is 14.4 Å². The fourth-order valence-corrected chi connectivity index (χ4v) is 3.72. The summed E-state index contributed by atoms with van der Waals surface area (Å²) in [6.45, 7) is 1.86. The highest BCUT2D eigenvalue weighted by molar-refractivity contribution is 6.30. The summed E-state index contributed by atoms with van der Waals surface area (Å²) < 4.78 is 11.2. The lowest BCUT2D eigenvalue weighted by Gasteiger charge is -2.28. The van der Waals surface area contributed by atoms with Crippen LogP contribution in [0.3, 0.4) is 0 Å². The van der Waals surface area contributed by atoms with E-state index in [0.29, 0.717) is 23.9 Å². The molecule has 6 nitrogen and oxygen atoms in total. The number of rotatable bonds is 3. The summed E-state index contributed by atoms with van der Waals surface area (Å²) in [5.41, 5.74) is 1.72. The van der Waals surface area contributed by atoms with Gasteiger partial charge in [-0.25, -0.2) is 0 Å². The number of benzene rings is 2. The molecule has 2 aliphatic rings. The summed E-state index contributed by atoms with van der Waals surface area (Å²) in [7, 11) is 0. The molecule has 1 atom stereocenters. The van der Waals surface area contributed by atoms with Gasteiger partial charge in [-0.15, -0.1) is 0 Å². The third-order valence-corrected chi connectivity index (χ3v) is 4.88. The molecular formula is C18H17ClN2O4. The zero-order valence-corrected chi connectivity index (χ0v) is 14.2. The second-order valence-electron chi connectivity index (χ2n) is 6.14. The van der Waals surface area contributed by atoms with E-state index >= 15 is 0 Å². The van der Waals surface area contributed by atoms with Crippen molar-refractivity contribution in [2.24, 2.45) is 0 Å². The molecule has 2 aliphatic heterocycles. The highest BCUT2D eigenvalue weighted by Gasteiger charge is 2.31. The number of ether oxygens (including phenoxy) is 2. The number of hydrogen-bond donors (Lipinski definition) is 0. The van der Waals surface area contributed by atoms with Crippen molar-refractivity contribution in [2.75, 3.05) is 24.7 Å². The van der Waals surface area contributed by atoms with Gasteiger partial charge in [-0.05, 0) is 42.7 Å². The molecule has 0 bridgehead atoms. The Hall–Kier alpha value is -2.47. The van der Waals surface area contributed by atoms with Crippen molar-refractivity contribution in [1.82, 2.24) is 0 Å². The molecule has 1 fully saturated rings. The Labute approximate surface area is 150 Å². The van der Waals surface area contributed by atoms with Crippen LogP contribution in [0.25, 0.3) is 0 Å². The molecule has 0 spiro atoms. The van der Waals surface area contributed by atoms with Gasteiger partial charge in [-0.1, -0.05) is 17.7 Å². The van der Waals surface area contributed by atoms with Crippen LogP contribution >= 0.6 is 11.6 Å². The number of hydrogen-bond acceptors (Lipinski definition) is 5. The topological polar surface area (TPSA) is 64.8 Å². The average molecular weight is 361 g/mol. The van der Waals surface area contributed by atoms with Crippen molar-refractivity contribution in [2.45, 2.75) is 18.9 Å². The Morgan fingerprint density at radius 2 is 1.92 bits per heavy atom. The van der Waals surface area contributed by atoms with Gasteiger partial charge >= 0.3 is 0 Å². The first-order valence-electron chi connectivity index (χ1n) is 8.23. The number of nitro groups is 1. The van der Waals surface area contributed by atoms with E-state index in [2.05, 4.69) is 4.90 Å². The van der Waals surface area contributed by atoms with Gasteiger partial charge in [0.25, 0.3) is 5.69 Å². The molecule has 0 aliphatic carbocycles. The molecule has 2 heterocycles. The molecule has 2 aromatic rings. The predicted octanol–water partition coefficient (Wildman–Crippen LogP) is 4.36. The van der Waals surface area contributed by atoms with Crippen molar-refractivity contribution in [1.29, 1.82) is 0 Å². The Morgan fingerprint density at radius 1 is 1.12 bits per heavy atom. The van der Waals surface area contributed by atoms with E-state index in [1.165, 1.54) is 6.07 Å². The maximum atomic E-state index is 11.4. The number of anilines is 1. The lowest BCUT2D eigenvalue weighted by atomic mass is 10.0. The quantitative estimate of drug-likeness (QED) is 0.601. The molecule has 0 saturated carbocycles.